The number of morpholine rings is 1. The maximum absolute atomic E-state index is 12.4. The van der Waals surface area contributed by atoms with Crippen LogP contribution < -0.4 is 5.73 Å². The fraction of sp³-hybridized carbons (Fsp3) is 0.833. The van der Waals surface area contributed by atoms with Gasteiger partial charge in [-0.25, -0.2) is 0 Å². The highest BCUT2D eigenvalue weighted by molar-refractivity contribution is 6.02. The van der Waals surface area contributed by atoms with Crippen molar-refractivity contribution in [2.45, 2.75) is 39.2 Å². The highest BCUT2D eigenvalue weighted by Gasteiger charge is 2.34. The summed E-state index contributed by atoms with van der Waals surface area (Å²) in [5.41, 5.74) is 5.26. The minimum Gasteiger partial charge on any atom is -0.409 e. The van der Waals surface area contributed by atoms with Crippen molar-refractivity contribution in [3.05, 3.63) is 0 Å². The van der Waals surface area contributed by atoms with Crippen molar-refractivity contribution in [1.82, 2.24) is 4.90 Å². The molecule has 0 aliphatic carbocycles. The summed E-state index contributed by atoms with van der Waals surface area (Å²) in [6, 6.07) is 0. The van der Waals surface area contributed by atoms with Gasteiger partial charge < -0.3 is 20.6 Å². The molecule has 0 aromatic carbocycles. The summed E-state index contributed by atoms with van der Waals surface area (Å²) in [5, 5.41) is 11.7. The molecule has 6 heteroatoms. The van der Waals surface area contributed by atoms with Crippen molar-refractivity contribution in [1.29, 1.82) is 0 Å². The minimum atomic E-state index is -0.533. The molecule has 0 aromatic heterocycles. The third kappa shape index (κ3) is 3.60. The molecule has 1 unspecified atom stereocenters. The van der Waals surface area contributed by atoms with Crippen molar-refractivity contribution < 1.29 is 14.7 Å². The molecule has 1 atom stereocenters. The van der Waals surface area contributed by atoms with Gasteiger partial charge >= 0.3 is 0 Å². The standard InChI is InChI=1S/C12H23N3O3/c1-4-5-9(10(13)14-17)11(16)15-6-7-18-12(2,3)8-15/h9,17H,4-8H2,1-3H3,(H2,13,14). The normalized spacial score (nSPS) is 21.7. The first-order chi connectivity index (χ1) is 8.41. The van der Waals surface area contributed by atoms with Crippen LogP contribution in [0.2, 0.25) is 0 Å². The topological polar surface area (TPSA) is 88.2 Å². The van der Waals surface area contributed by atoms with Gasteiger partial charge in [-0.05, 0) is 20.3 Å². The fourth-order valence-electron chi connectivity index (χ4n) is 2.18. The van der Waals surface area contributed by atoms with E-state index in [2.05, 4.69) is 5.16 Å². The van der Waals surface area contributed by atoms with E-state index in [-0.39, 0.29) is 17.3 Å². The second-order valence-corrected chi connectivity index (χ2v) is 5.23. The van der Waals surface area contributed by atoms with Crippen LogP contribution >= 0.6 is 0 Å². The molecule has 6 nitrogen and oxygen atoms in total. The maximum Gasteiger partial charge on any atom is 0.233 e. The van der Waals surface area contributed by atoms with E-state index in [4.69, 9.17) is 15.7 Å². The van der Waals surface area contributed by atoms with Gasteiger partial charge in [-0.2, -0.15) is 0 Å². The van der Waals surface area contributed by atoms with Crippen LogP contribution in [-0.2, 0) is 9.53 Å². The van der Waals surface area contributed by atoms with Crippen molar-refractivity contribution in [3.8, 4) is 0 Å². The van der Waals surface area contributed by atoms with Crippen molar-refractivity contribution in [3.63, 3.8) is 0 Å². The molecule has 0 bridgehead atoms. The summed E-state index contributed by atoms with van der Waals surface area (Å²) >= 11 is 0. The van der Waals surface area contributed by atoms with Crippen molar-refractivity contribution in [2.75, 3.05) is 19.7 Å². The number of hydrogen-bond acceptors (Lipinski definition) is 4. The first-order valence-corrected chi connectivity index (χ1v) is 6.31. The molecule has 1 amide bonds. The summed E-state index contributed by atoms with van der Waals surface area (Å²) in [5.74, 6) is -0.622. The van der Waals surface area contributed by atoms with Gasteiger partial charge in [-0.1, -0.05) is 18.5 Å². The van der Waals surface area contributed by atoms with Crippen LogP contribution in [0.15, 0.2) is 5.16 Å². The predicted molar refractivity (Wildman–Crippen MR) is 68.4 cm³/mol. The van der Waals surface area contributed by atoms with Gasteiger partial charge in [0, 0.05) is 13.1 Å². The largest absolute Gasteiger partial charge is 0.409 e. The number of amides is 1. The summed E-state index contributed by atoms with van der Waals surface area (Å²) in [6.07, 6.45) is 1.40. The number of carbonyl (C=O) groups is 1. The summed E-state index contributed by atoms with van der Waals surface area (Å²) < 4.78 is 5.57. The highest BCUT2D eigenvalue weighted by Crippen LogP contribution is 2.20. The lowest BCUT2D eigenvalue weighted by Gasteiger charge is -2.39. The van der Waals surface area contributed by atoms with Gasteiger partial charge in [0.05, 0.1) is 18.1 Å². The Morgan fingerprint density at radius 3 is 2.78 bits per heavy atom. The molecule has 18 heavy (non-hydrogen) atoms. The molecular formula is C12H23N3O3. The summed E-state index contributed by atoms with van der Waals surface area (Å²) in [7, 11) is 0. The number of ether oxygens (including phenoxy) is 1. The van der Waals surface area contributed by atoms with E-state index in [0.29, 0.717) is 26.1 Å². The van der Waals surface area contributed by atoms with E-state index in [1.165, 1.54) is 0 Å². The van der Waals surface area contributed by atoms with E-state index in [1.807, 2.05) is 20.8 Å². The number of hydrogen-bond donors (Lipinski definition) is 2. The number of carbonyl (C=O) groups excluding carboxylic acids is 1. The van der Waals surface area contributed by atoms with Gasteiger partial charge in [0.25, 0.3) is 0 Å². The first-order valence-electron chi connectivity index (χ1n) is 6.31. The second kappa shape index (κ2) is 6.04. The third-order valence-electron chi connectivity index (χ3n) is 3.09. The zero-order valence-electron chi connectivity index (χ0n) is 11.3. The van der Waals surface area contributed by atoms with Crippen LogP contribution in [-0.4, -0.2) is 47.1 Å². The van der Waals surface area contributed by atoms with Crippen LogP contribution in [0.5, 0.6) is 0 Å². The van der Waals surface area contributed by atoms with Crippen LogP contribution in [0, 0.1) is 5.92 Å². The first kappa shape index (κ1) is 14.8. The SMILES string of the molecule is CCCC(C(=O)N1CCOC(C)(C)C1)C(N)=NO. The van der Waals surface area contributed by atoms with Gasteiger partial charge in [0.15, 0.2) is 5.84 Å². The molecule has 104 valence electrons. The number of amidine groups is 1. The number of oxime groups is 1. The molecule has 1 aliphatic heterocycles. The average molecular weight is 257 g/mol. The van der Waals surface area contributed by atoms with Crippen LogP contribution in [0.3, 0.4) is 0 Å². The molecule has 1 rings (SSSR count). The van der Waals surface area contributed by atoms with Gasteiger partial charge in [-0.3, -0.25) is 4.79 Å². The second-order valence-electron chi connectivity index (χ2n) is 5.23. The molecule has 0 radical (unpaired) electrons. The van der Waals surface area contributed by atoms with Crippen LogP contribution in [0.4, 0.5) is 0 Å². The lowest BCUT2D eigenvalue weighted by molar-refractivity contribution is -0.148. The molecule has 1 saturated heterocycles. The Hall–Kier alpha value is -1.30. The highest BCUT2D eigenvalue weighted by atomic mass is 16.5. The van der Waals surface area contributed by atoms with E-state index in [0.717, 1.165) is 6.42 Å². The quantitative estimate of drug-likeness (QED) is 0.337. The van der Waals surface area contributed by atoms with E-state index in [9.17, 15) is 4.79 Å². The van der Waals surface area contributed by atoms with Crippen molar-refractivity contribution >= 4 is 11.7 Å². The van der Waals surface area contributed by atoms with Gasteiger partial charge in [-0.15, -0.1) is 0 Å². The fourth-order valence-corrected chi connectivity index (χ4v) is 2.18. The van der Waals surface area contributed by atoms with E-state index < -0.39 is 5.92 Å². The third-order valence-corrected chi connectivity index (χ3v) is 3.09. The van der Waals surface area contributed by atoms with Crippen LogP contribution in [0.25, 0.3) is 0 Å². The average Bonchev–Trinajstić information content (AvgIpc) is 2.33. The molecular weight excluding hydrogens is 234 g/mol. The van der Waals surface area contributed by atoms with Gasteiger partial charge in [0.2, 0.25) is 5.91 Å². The Kier molecular flexibility index (Phi) is 4.95. The number of rotatable bonds is 4. The van der Waals surface area contributed by atoms with E-state index in [1.54, 1.807) is 4.90 Å². The van der Waals surface area contributed by atoms with Crippen molar-refractivity contribution in [2.24, 2.45) is 16.8 Å². The minimum absolute atomic E-state index is 0.00820. The Morgan fingerprint density at radius 1 is 1.61 bits per heavy atom. The number of nitrogens with two attached hydrogens (primary N) is 1. The van der Waals surface area contributed by atoms with Gasteiger partial charge in [0.1, 0.15) is 0 Å². The number of nitrogens with zero attached hydrogens (tertiary/aromatic N) is 2. The Morgan fingerprint density at radius 2 is 2.28 bits per heavy atom. The molecule has 0 spiro atoms. The Bertz CT molecular complexity index is 329. The van der Waals surface area contributed by atoms with Crippen LogP contribution in [0.1, 0.15) is 33.6 Å². The maximum atomic E-state index is 12.4. The Balaban J connectivity index is 2.76. The Labute approximate surface area is 108 Å². The molecule has 1 fully saturated rings. The smallest absolute Gasteiger partial charge is 0.233 e. The summed E-state index contributed by atoms with van der Waals surface area (Å²) in [4.78, 5) is 14.1. The lowest BCUT2D eigenvalue weighted by Crippen LogP contribution is -2.53. The molecule has 3 N–H and O–H groups in total. The monoisotopic (exact) mass is 257 g/mol. The molecule has 1 aliphatic rings. The zero-order valence-corrected chi connectivity index (χ0v) is 11.3. The van der Waals surface area contributed by atoms with E-state index >= 15 is 0 Å². The molecule has 0 aromatic rings. The predicted octanol–water partition coefficient (Wildman–Crippen LogP) is 0.787. The summed E-state index contributed by atoms with van der Waals surface area (Å²) in [6.45, 7) is 7.48. The lowest BCUT2D eigenvalue weighted by atomic mass is 9.99. The zero-order chi connectivity index (χ0) is 13.8. The molecule has 0 saturated carbocycles. The molecule has 1 heterocycles.